The van der Waals surface area contributed by atoms with E-state index >= 15 is 0 Å². The van der Waals surface area contributed by atoms with Crippen molar-refractivity contribution in [3.05, 3.63) is 50.5 Å². The van der Waals surface area contributed by atoms with Crippen molar-refractivity contribution in [2.45, 2.75) is 33.6 Å². The normalized spacial score (nSPS) is 16.6. The SMILES string of the molecule is CCCCN1C(C)=C(/C(C)=N/O)S/C1=C\C(=O)c1cc(Cl)ccc1OC. The van der Waals surface area contributed by atoms with Crippen LogP contribution in [0, 0.1) is 0 Å². The lowest BCUT2D eigenvalue weighted by molar-refractivity contribution is 0.104. The molecule has 1 aliphatic heterocycles. The molecule has 0 amide bonds. The average Bonchev–Trinajstić information content (AvgIpc) is 2.94. The molecule has 5 nitrogen and oxygen atoms in total. The first-order chi connectivity index (χ1) is 12.4. The zero-order valence-electron chi connectivity index (χ0n) is 15.4. The summed E-state index contributed by atoms with van der Waals surface area (Å²) < 4.78 is 5.28. The van der Waals surface area contributed by atoms with E-state index in [0.29, 0.717) is 22.0 Å². The monoisotopic (exact) mass is 394 g/mol. The fourth-order valence-corrected chi connectivity index (χ4v) is 4.00. The first-order valence-electron chi connectivity index (χ1n) is 8.37. The highest BCUT2D eigenvalue weighted by atomic mass is 35.5. The quantitative estimate of drug-likeness (QED) is 0.223. The first kappa shape index (κ1) is 20.4. The number of unbranched alkanes of at least 4 members (excludes halogenated alkanes) is 1. The Balaban J connectivity index is 2.39. The van der Waals surface area contributed by atoms with E-state index in [1.807, 2.05) is 6.92 Å². The fourth-order valence-electron chi connectivity index (χ4n) is 2.67. The highest BCUT2D eigenvalue weighted by Crippen LogP contribution is 2.42. The summed E-state index contributed by atoms with van der Waals surface area (Å²) in [7, 11) is 1.52. The molecular formula is C19H23ClN2O3S. The number of methoxy groups -OCH3 is 1. The summed E-state index contributed by atoms with van der Waals surface area (Å²) in [5.74, 6) is 0.304. The van der Waals surface area contributed by atoms with Crippen LogP contribution in [-0.2, 0) is 0 Å². The van der Waals surface area contributed by atoms with Crippen LogP contribution in [0.4, 0.5) is 0 Å². The Morgan fingerprint density at radius 2 is 2.19 bits per heavy atom. The van der Waals surface area contributed by atoms with Gasteiger partial charge in [0.25, 0.3) is 0 Å². The summed E-state index contributed by atoms with van der Waals surface area (Å²) in [6.07, 6.45) is 3.63. The van der Waals surface area contributed by atoms with Crippen LogP contribution in [0.15, 0.2) is 45.1 Å². The maximum absolute atomic E-state index is 12.9. The number of carbonyl (C=O) groups excluding carboxylic acids is 1. The fraction of sp³-hybridized carbons (Fsp3) is 0.368. The van der Waals surface area contributed by atoms with E-state index in [2.05, 4.69) is 17.0 Å². The smallest absolute Gasteiger partial charge is 0.192 e. The summed E-state index contributed by atoms with van der Waals surface area (Å²) in [6.45, 7) is 6.63. The van der Waals surface area contributed by atoms with Gasteiger partial charge in [-0.2, -0.15) is 0 Å². The van der Waals surface area contributed by atoms with Gasteiger partial charge in [-0.1, -0.05) is 41.9 Å². The van der Waals surface area contributed by atoms with Crippen LogP contribution in [-0.4, -0.2) is 35.3 Å². The lowest BCUT2D eigenvalue weighted by atomic mass is 10.1. The summed E-state index contributed by atoms with van der Waals surface area (Å²) in [5.41, 5.74) is 1.93. The van der Waals surface area contributed by atoms with Crippen molar-refractivity contribution in [3.8, 4) is 5.75 Å². The van der Waals surface area contributed by atoms with Crippen LogP contribution < -0.4 is 4.74 Å². The van der Waals surface area contributed by atoms with Gasteiger partial charge in [0.15, 0.2) is 5.78 Å². The van der Waals surface area contributed by atoms with Crippen LogP contribution in [0.3, 0.4) is 0 Å². The van der Waals surface area contributed by atoms with E-state index in [1.165, 1.54) is 18.9 Å². The second kappa shape index (κ2) is 9.14. The molecule has 0 saturated heterocycles. The number of hydrogen-bond donors (Lipinski definition) is 1. The number of hydrogen-bond acceptors (Lipinski definition) is 6. The van der Waals surface area contributed by atoms with Gasteiger partial charge in [-0.25, -0.2) is 0 Å². The van der Waals surface area contributed by atoms with Crippen molar-refractivity contribution >= 4 is 34.9 Å². The molecule has 7 heteroatoms. The number of allylic oxidation sites excluding steroid dienone is 3. The molecule has 1 aromatic carbocycles. The number of carbonyl (C=O) groups is 1. The molecule has 0 fully saturated rings. The molecule has 0 saturated carbocycles. The van der Waals surface area contributed by atoms with Crippen LogP contribution in [0.5, 0.6) is 5.75 Å². The maximum Gasteiger partial charge on any atom is 0.192 e. The van der Waals surface area contributed by atoms with Crippen LogP contribution in [0.1, 0.15) is 44.0 Å². The van der Waals surface area contributed by atoms with Gasteiger partial charge in [-0.3, -0.25) is 4.79 Å². The molecule has 1 aromatic rings. The Labute approximate surface area is 163 Å². The van der Waals surface area contributed by atoms with Crippen molar-refractivity contribution in [2.75, 3.05) is 13.7 Å². The molecule has 0 unspecified atom stereocenters. The molecule has 1 aliphatic rings. The Hall–Kier alpha value is -1.92. The molecule has 0 radical (unpaired) electrons. The second-order valence-corrected chi connectivity index (χ2v) is 7.37. The number of thioether (sulfide) groups is 1. The lowest BCUT2D eigenvalue weighted by Crippen LogP contribution is -2.18. The van der Waals surface area contributed by atoms with Gasteiger partial charge >= 0.3 is 0 Å². The topological polar surface area (TPSA) is 62.1 Å². The first-order valence-corrected chi connectivity index (χ1v) is 9.57. The predicted octanol–water partition coefficient (Wildman–Crippen LogP) is 5.30. The minimum atomic E-state index is -0.180. The van der Waals surface area contributed by atoms with Crippen molar-refractivity contribution in [2.24, 2.45) is 5.16 Å². The molecule has 0 bridgehead atoms. The molecule has 0 aromatic heterocycles. The van der Waals surface area contributed by atoms with Crippen LogP contribution >= 0.6 is 23.4 Å². The van der Waals surface area contributed by atoms with Gasteiger partial charge in [-0.15, -0.1) is 0 Å². The van der Waals surface area contributed by atoms with E-state index in [0.717, 1.165) is 35.0 Å². The zero-order valence-corrected chi connectivity index (χ0v) is 16.9. The molecule has 0 spiro atoms. The number of ether oxygens (including phenoxy) is 1. The minimum absolute atomic E-state index is 0.180. The van der Waals surface area contributed by atoms with E-state index in [9.17, 15) is 4.79 Å². The van der Waals surface area contributed by atoms with E-state index in [4.69, 9.17) is 21.5 Å². The molecular weight excluding hydrogens is 372 g/mol. The second-order valence-electron chi connectivity index (χ2n) is 5.90. The number of rotatable bonds is 7. The molecule has 2 rings (SSSR count). The Morgan fingerprint density at radius 3 is 2.81 bits per heavy atom. The summed E-state index contributed by atoms with van der Waals surface area (Å²) in [4.78, 5) is 15.8. The molecule has 1 heterocycles. The van der Waals surface area contributed by atoms with Gasteiger partial charge in [0.1, 0.15) is 5.75 Å². The summed E-state index contributed by atoms with van der Waals surface area (Å²) >= 11 is 7.47. The van der Waals surface area contributed by atoms with Gasteiger partial charge in [-0.05, 0) is 38.5 Å². The van der Waals surface area contributed by atoms with Crippen molar-refractivity contribution in [1.82, 2.24) is 4.90 Å². The van der Waals surface area contributed by atoms with Crippen LogP contribution in [0.25, 0.3) is 0 Å². The van der Waals surface area contributed by atoms with Crippen LogP contribution in [0.2, 0.25) is 5.02 Å². The van der Waals surface area contributed by atoms with Gasteiger partial charge in [0.05, 0.1) is 28.3 Å². The Morgan fingerprint density at radius 1 is 1.46 bits per heavy atom. The van der Waals surface area contributed by atoms with E-state index in [1.54, 1.807) is 31.2 Å². The standard InChI is InChI=1S/C19H23ClN2O3S/c1-5-6-9-22-13(3)19(12(2)21-24)26-18(22)11-16(23)15-10-14(20)7-8-17(15)25-4/h7-8,10-11,24H,5-6,9H2,1-4H3/b18-11-,21-12+. The van der Waals surface area contributed by atoms with Crippen molar-refractivity contribution < 1.29 is 14.7 Å². The third kappa shape index (κ3) is 4.43. The summed E-state index contributed by atoms with van der Waals surface area (Å²) in [5, 5.41) is 13.7. The van der Waals surface area contributed by atoms with Gasteiger partial charge < -0.3 is 14.8 Å². The number of halogens is 1. The highest BCUT2D eigenvalue weighted by molar-refractivity contribution is 8.07. The molecule has 140 valence electrons. The number of nitrogens with zero attached hydrogens (tertiary/aromatic N) is 2. The van der Waals surface area contributed by atoms with Gasteiger partial charge in [0, 0.05) is 23.3 Å². The maximum atomic E-state index is 12.9. The predicted molar refractivity (Wildman–Crippen MR) is 107 cm³/mol. The third-order valence-electron chi connectivity index (χ3n) is 4.10. The number of oxime groups is 1. The summed E-state index contributed by atoms with van der Waals surface area (Å²) in [6, 6.07) is 4.98. The van der Waals surface area contributed by atoms with Crippen molar-refractivity contribution in [1.29, 1.82) is 0 Å². The Kier molecular flexibility index (Phi) is 7.17. The zero-order chi connectivity index (χ0) is 19.3. The Bertz CT molecular complexity index is 787. The largest absolute Gasteiger partial charge is 0.496 e. The number of ketones is 1. The highest BCUT2D eigenvalue weighted by Gasteiger charge is 2.28. The van der Waals surface area contributed by atoms with E-state index in [-0.39, 0.29) is 5.78 Å². The lowest BCUT2D eigenvalue weighted by Gasteiger charge is -2.21. The molecule has 26 heavy (non-hydrogen) atoms. The molecule has 0 aliphatic carbocycles. The van der Waals surface area contributed by atoms with Crippen molar-refractivity contribution in [3.63, 3.8) is 0 Å². The minimum Gasteiger partial charge on any atom is -0.496 e. The molecule has 1 N–H and O–H groups in total. The molecule has 0 atom stereocenters. The van der Waals surface area contributed by atoms with E-state index < -0.39 is 0 Å². The van der Waals surface area contributed by atoms with Gasteiger partial charge in [0.2, 0.25) is 0 Å². The number of benzene rings is 1. The average molecular weight is 395 g/mol. The third-order valence-corrected chi connectivity index (χ3v) is 5.68.